The van der Waals surface area contributed by atoms with Crippen LogP contribution >= 0.6 is 0 Å². The van der Waals surface area contributed by atoms with Crippen LogP contribution < -0.4 is 15.6 Å². The quantitative estimate of drug-likeness (QED) is 0.582. The van der Waals surface area contributed by atoms with Crippen LogP contribution in [0.1, 0.15) is 27.2 Å². The summed E-state index contributed by atoms with van der Waals surface area (Å²) < 4.78 is 0. The SMILES string of the molecule is Cc1cccnc1C(=O)Nc1cc2c(cc1N1CCN(C)CC1)NN=C(/C=C/c1ccccc1)C2. The number of likely N-dealkylation sites (N-methyl/N-ethyl adjacent to an activating group) is 1. The molecule has 5 rings (SSSR count). The highest BCUT2D eigenvalue weighted by atomic mass is 16.1. The fraction of sp³-hybridized carbons (Fsp3) is 0.250. The van der Waals surface area contributed by atoms with Crippen molar-refractivity contribution in [3.8, 4) is 0 Å². The first-order valence-electron chi connectivity index (χ1n) is 12.0. The largest absolute Gasteiger partial charge is 0.367 e. The normalized spacial score (nSPS) is 15.9. The van der Waals surface area contributed by atoms with Gasteiger partial charge in [0.15, 0.2) is 0 Å². The number of aryl methyl sites for hydroxylation is 1. The van der Waals surface area contributed by atoms with Crippen molar-refractivity contribution < 1.29 is 4.79 Å². The molecule has 1 aromatic heterocycles. The maximum Gasteiger partial charge on any atom is 0.274 e. The van der Waals surface area contributed by atoms with Crippen LogP contribution in [0.25, 0.3) is 6.08 Å². The molecule has 1 saturated heterocycles. The Bertz CT molecular complexity index is 1280. The Labute approximate surface area is 206 Å². The van der Waals surface area contributed by atoms with Gasteiger partial charge in [-0.25, -0.2) is 0 Å². The van der Waals surface area contributed by atoms with E-state index in [2.05, 4.69) is 68.0 Å². The summed E-state index contributed by atoms with van der Waals surface area (Å²) in [5.41, 5.74) is 10.5. The van der Waals surface area contributed by atoms with Crippen LogP contribution in [-0.2, 0) is 6.42 Å². The Morgan fingerprint density at radius 2 is 1.83 bits per heavy atom. The second-order valence-corrected chi connectivity index (χ2v) is 9.08. The topological polar surface area (TPSA) is 72.9 Å². The molecule has 2 aliphatic rings. The second-order valence-electron chi connectivity index (χ2n) is 9.08. The van der Waals surface area contributed by atoms with Gasteiger partial charge in [-0.3, -0.25) is 15.2 Å². The lowest BCUT2D eigenvalue weighted by Crippen LogP contribution is -2.44. The van der Waals surface area contributed by atoms with Gasteiger partial charge in [-0.05, 0) is 54.9 Å². The molecule has 35 heavy (non-hydrogen) atoms. The molecule has 0 bridgehead atoms. The molecule has 0 spiro atoms. The molecule has 7 nitrogen and oxygen atoms in total. The molecule has 3 aromatic rings. The first-order valence-corrected chi connectivity index (χ1v) is 12.0. The molecule has 0 radical (unpaired) electrons. The van der Waals surface area contributed by atoms with Gasteiger partial charge < -0.3 is 15.1 Å². The third kappa shape index (κ3) is 5.25. The molecule has 2 N–H and O–H groups in total. The Balaban J connectivity index is 1.44. The molecular formula is C28H30N6O. The van der Waals surface area contributed by atoms with Gasteiger partial charge in [0, 0.05) is 38.8 Å². The summed E-state index contributed by atoms with van der Waals surface area (Å²) in [5.74, 6) is -0.194. The summed E-state index contributed by atoms with van der Waals surface area (Å²) in [6, 6.07) is 18.1. The predicted molar refractivity (Wildman–Crippen MR) is 143 cm³/mol. The minimum Gasteiger partial charge on any atom is -0.367 e. The Morgan fingerprint density at radius 1 is 1.03 bits per heavy atom. The Kier molecular flexibility index (Phi) is 6.59. The molecule has 178 valence electrons. The van der Waals surface area contributed by atoms with Crippen LogP contribution in [0.4, 0.5) is 17.1 Å². The maximum absolute atomic E-state index is 13.2. The number of nitrogens with zero attached hydrogens (tertiary/aromatic N) is 4. The average Bonchev–Trinajstić information content (AvgIpc) is 2.88. The number of hydrogen-bond donors (Lipinski definition) is 2. The van der Waals surface area contributed by atoms with Crippen LogP contribution in [0.3, 0.4) is 0 Å². The van der Waals surface area contributed by atoms with Crippen molar-refractivity contribution in [2.75, 3.05) is 48.9 Å². The standard InChI is InChI=1S/C28H30N6O/c1-20-7-6-12-29-27(20)28(35)30-25-18-22-17-23(11-10-21-8-4-3-5-9-21)31-32-24(22)19-26(25)34-15-13-33(2)14-16-34/h3-12,18-19,32H,13-17H2,1-2H3,(H,30,35)/b11-10+. The third-order valence-electron chi connectivity index (χ3n) is 6.50. The van der Waals surface area contributed by atoms with Crippen molar-refractivity contribution in [2.45, 2.75) is 13.3 Å². The molecule has 0 unspecified atom stereocenters. The molecule has 2 aliphatic heterocycles. The molecule has 1 fully saturated rings. The molecule has 7 heteroatoms. The number of allylic oxidation sites excluding steroid dienone is 1. The summed E-state index contributed by atoms with van der Waals surface area (Å²) in [4.78, 5) is 22.1. The average molecular weight is 467 g/mol. The minimum absolute atomic E-state index is 0.194. The minimum atomic E-state index is -0.194. The number of aromatic nitrogens is 1. The Hall–Kier alpha value is -3.97. The lowest BCUT2D eigenvalue weighted by atomic mass is 10.0. The van der Waals surface area contributed by atoms with Crippen LogP contribution in [0, 0.1) is 6.92 Å². The van der Waals surface area contributed by atoms with E-state index in [1.807, 2.05) is 43.3 Å². The van der Waals surface area contributed by atoms with E-state index in [1.54, 1.807) is 6.20 Å². The number of carbonyl (C=O) groups is 1. The maximum atomic E-state index is 13.2. The number of amides is 1. The van der Waals surface area contributed by atoms with Gasteiger partial charge in [0.1, 0.15) is 5.69 Å². The Morgan fingerprint density at radius 3 is 2.60 bits per heavy atom. The third-order valence-corrected chi connectivity index (χ3v) is 6.50. The van der Waals surface area contributed by atoms with Crippen LogP contribution in [0.15, 0.2) is 72.0 Å². The van der Waals surface area contributed by atoms with E-state index in [4.69, 9.17) is 0 Å². The molecule has 0 aliphatic carbocycles. The number of rotatable bonds is 5. The lowest BCUT2D eigenvalue weighted by molar-refractivity contribution is 0.102. The summed E-state index contributed by atoms with van der Waals surface area (Å²) in [6.07, 6.45) is 6.44. The summed E-state index contributed by atoms with van der Waals surface area (Å²) >= 11 is 0. The van der Waals surface area contributed by atoms with Crippen molar-refractivity contribution in [1.29, 1.82) is 0 Å². The van der Waals surface area contributed by atoms with Gasteiger partial charge in [-0.1, -0.05) is 42.5 Å². The fourth-order valence-corrected chi connectivity index (χ4v) is 4.42. The zero-order valence-corrected chi connectivity index (χ0v) is 20.2. The van der Waals surface area contributed by atoms with Crippen LogP contribution in [0.5, 0.6) is 0 Å². The van der Waals surface area contributed by atoms with E-state index < -0.39 is 0 Å². The van der Waals surface area contributed by atoms with E-state index in [9.17, 15) is 4.79 Å². The molecule has 1 amide bonds. The van der Waals surface area contributed by atoms with Gasteiger partial charge in [0.05, 0.1) is 22.8 Å². The fourth-order valence-electron chi connectivity index (χ4n) is 4.42. The van der Waals surface area contributed by atoms with E-state index in [0.717, 1.165) is 65.6 Å². The van der Waals surface area contributed by atoms with E-state index in [0.29, 0.717) is 12.1 Å². The van der Waals surface area contributed by atoms with Gasteiger partial charge in [-0.2, -0.15) is 5.10 Å². The number of piperazine rings is 1. The van der Waals surface area contributed by atoms with Crippen molar-refractivity contribution in [1.82, 2.24) is 9.88 Å². The van der Waals surface area contributed by atoms with Crippen molar-refractivity contribution in [3.63, 3.8) is 0 Å². The zero-order chi connectivity index (χ0) is 24.2. The molecule has 3 heterocycles. The number of pyridine rings is 1. The number of hydrazone groups is 1. The molecular weight excluding hydrogens is 436 g/mol. The number of nitrogens with one attached hydrogen (secondary N) is 2. The van der Waals surface area contributed by atoms with Crippen LogP contribution in [-0.4, -0.2) is 54.7 Å². The summed E-state index contributed by atoms with van der Waals surface area (Å²) in [5, 5.41) is 7.75. The highest BCUT2D eigenvalue weighted by Gasteiger charge is 2.23. The lowest BCUT2D eigenvalue weighted by Gasteiger charge is -2.35. The number of fused-ring (bicyclic) bond motifs is 1. The highest BCUT2D eigenvalue weighted by molar-refractivity contribution is 6.07. The van der Waals surface area contributed by atoms with Gasteiger partial charge in [0.2, 0.25) is 0 Å². The van der Waals surface area contributed by atoms with E-state index in [-0.39, 0.29) is 5.91 Å². The number of hydrogen-bond acceptors (Lipinski definition) is 6. The van der Waals surface area contributed by atoms with E-state index in [1.165, 1.54) is 0 Å². The van der Waals surface area contributed by atoms with E-state index >= 15 is 0 Å². The molecule has 0 saturated carbocycles. The van der Waals surface area contributed by atoms with Gasteiger partial charge in [0.25, 0.3) is 5.91 Å². The molecule has 2 aromatic carbocycles. The summed E-state index contributed by atoms with van der Waals surface area (Å²) in [7, 11) is 2.14. The second kappa shape index (κ2) is 10.1. The van der Waals surface area contributed by atoms with Crippen molar-refractivity contribution in [2.24, 2.45) is 5.10 Å². The number of anilines is 3. The van der Waals surface area contributed by atoms with Crippen LogP contribution in [0.2, 0.25) is 0 Å². The van der Waals surface area contributed by atoms with Crippen molar-refractivity contribution in [3.05, 3.63) is 89.3 Å². The van der Waals surface area contributed by atoms with Gasteiger partial charge in [-0.15, -0.1) is 0 Å². The first-order chi connectivity index (χ1) is 17.1. The number of carbonyl (C=O) groups excluding carboxylic acids is 1. The zero-order valence-electron chi connectivity index (χ0n) is 20.2. The highest BCUT2D eigenvalue weighted by Crippen LogP contribution is 2.35. The summed E-state index contributed by atoms with van der Waals surface area (Å²) in [6.45, 7) is 5.65. The first kappa shape index (κ1) is 22.8. The smallest absolute Gasteiger partial charge is 0.274 e. The molecule has 0 atom stereocenters. The number of benzene rings is 2. The van der Waals surface area contributed by atoms with Gasteiger partial charge >= 0.3 is 0 Å². The van der Waals surface area contributed by atoms with Crippen molar-refractivity contribution >= 4 is 34.8 Å². The monoisotopic (exact) mass is 466 g/mol. The predicted octanol–water partition coefficient (Wildman–Crippen LogP) is 4.43.